The second-order valence-electron chi connectivity index (χ2n) is 15.1. The third-order valence-electron chi connectivity index (χ3n) is 10.2. The fourth-order valence-corrected chi connectivity index (χ4v) is 7.24. The highest BCUT2D eigenvalue weighted by molar-refractivity contribution is 7.80. The van der Waals surface area contributed by atoms with Crippen LogP contribution in [0.15, 0.2) is 48.6 Å². The van der Waals surface area contributed by atoms with E-state index in [2.05, 4.69) is 78.0 Å². The number of likely N-dealkylation sites (tertiary alicyclic amines) is 1. The molecule has 0 aromatic carbocycles. The summed E-state index contributed by atoms with van der Waals surface area (Å²) >= 11 is 5.78. The van der Waals surface area contributed by atoms with Gasteiger partial charge in [-0.15, -0.1) is 0 Å². The number of unbranched alkanes of at least 4 members (excludes halogenated alkanes) is 18. The molecule has 0 saturated carbocycles. The smallest absolute Gasteiger partial charge is 0.166 e. The van der Waals surface area contributed by atoms with Crippen LogP contribution < -0.4 is 10.6 Å². The molecule has 0 radical (unpaired) electrons. The van der Waals surface area contributed by atoms with Crippen LogP contribution in [-0.2, 0) is 0 Å². The van der Waals surface area contributed by atoms with Gasteiger partial charge in [-0.1, -0.05) is 159 Å². The molecule has 1 fully saturated rings. The molecule has 0 spiro atoms. The summed E-state index contributed by atoms with van der Waals surface area (Å²) in [5, 5.41) is 8.17. The van der Waals surface area contributed by atoms with Crippen molar-refractivity contribution in [1.29, 1.82) is 0 Å². The molecule has 2 N–H and O–H groups in total. The first-order chi connectivity index (χ1) is 24.8. The van der Waals surface area contributed by atoms with Crippen molar-refractivity contribution < 1.29 is 0 Å². The quantitative estimate of drug-likeness (QED) is 0.0389. The number of nitrogens with one attached hydrogen (secondary N) is 2. The van der Waals surface area contributed by atoms with Gasteiger partial charge < -0.3 is 15.5 Å². The van der Waals surface area contributed by atoms with Gasteiger partial charge in [0.25, 0.3) is 0 Å². The van der Waals surface area contributed by atoms with Crippen LogP contribution in [-0.4, -0.2) is 42.2 Å². The van der Waals surface area contributed by atoms with Gasteiger partial charge in [-0.25, -0.2) is 0 Å². The van der Waals surface area contributed by atoms with Crippen LogP contribution in [0.25, 0.3) is 0 Å². The Labute approximate surface area is 319 Å². The van der Waals surface area contributed by atoms with Crippen LogP contribution in [0.5, 0.6) is 0 Å². The van der Waals surface area contributed by atoms with Crippen LogP contribution in [0.1, 0.15) is 206 Å². The fraction of sp³-hybridized carbons (Fsp3) is 0.804. The molecular formula is C46H85N3S. The Kier molecular flexibility index (Phi) is 36.2. The Morgan fingerprint density at radius 1 is 0.520 bits per heavy atom. The molecule has 0 bridgehead atoms. The Bertz CT molecular complexity index is 777. The van der Waals surface area contributed by atoms with E-state index in [9.17, 15) is 0 Å². The minimum absolute atomic E-state index is 0.522. The van der Waals surface area contributed by atoms with Gasteiger partial charge in [-0.2, -0.15) is 0 Å². The third-order valence-corrected chi connectivity index (χ3v) is 10.5. The van der Waals surface area contributed by atoms with Gasteiger partial charge in [0.1, 0.15) is 0 Å². The zero-order chi connectivity index (χ0) is 35.8. The first-order valence-corrected chi connectivity index (χ1v) is 22.5. The molecule has 0 unspecified atom stereocenters. The molecule has 1 saturated heterocycles. The van der Waals surface area contributed by atoms with E-state index < -0.39 is 0 Å². The summed E-state index contributed by atoms with van der Waals surface area (Å²) in [5.41, 5.74) is 0. The molecule has 0 amide bonds. The van der Waals surface area contributed by atoms with E-state index in [1.807, 2.05) is 0 Å². The average molecular weight is 712 g/mol. The Hall–Kier alpha value is -1.39. The number of thiocarbonyl (C=S) groups is 1. The number of piperidine rings is 1. The van der Waals surface area contributed by atoms with E-state index in [1.54, 1.807) is 0 Å². The highest BCUT2D eigenvalue weighted by atomic mass is 32.1. The van der Waals surface area contributed by atoms with Gasteiger partial charge in [0.15, 0.2) is 5.11 Å². The zero-order valence-electron chi connectivity index (χ0n) is 33.6. The molecule has 3 nitrogen and oxygen atoms in total. The maximum atomic E-state index is 5.78. The molecule has 1 heterocycles. The molecule has 1 aliphatic rings. The highest BCUT2D eigenvalue weighted by Gasteiger charge is 2.11. The Morgan fingerprint density at radius 2 is 0.940 bits per heavy atom. The molecule has 0 atom stereocenters. The van der Waals surface area contributed by atoms with Crippen LogP contribution >= 0.6 is 12.2 Å². The van der Waals surface area contributed by atoms with Crippen LogP contribution in [0.3, 0.4) is 0 Å². The number of hydrogen-bond acceptors (Lipinski definition) is 2. The summed E-state index contributed by atoms with van der Waals surface area (Å²) in [5.74, 6) is 0. The van der Waals surface area contributed by atoms with E-state index in [0.29, 0.717) is 6.04 Å². The van der Waals surface area contributed by atoms with Gasteiger partial charge >= 0.3 is 0 Å². The van der Waals surface area contributed by atoms with Crippen molar-refractivity contribution >= 4 is 17.3 Å². The van der Waals surface area contributed by atoms with E-state index in [-0.39, 0.29) is 0 Å². The van der Waals surface area contributed by atoms with Gasteiger partial charge in [-0.05, 0) is 128 Å². The van der Waals surface area contributed by atoms with Crippen molar-refractivity contribution in [2.24, 2.45) is 0 Å². The Balaban J connectivity index is 2.18. The summed E-state index contributed by atoms with van der Waals surface area (Å²) in [6.07, 6.45) is 58.3. The average Bonchev–Trinajstić information content (AvgIpc) is 3.13. The van der Waals surface area contributed by atoms with Gasteiger partial charge in [0.05, 0.1) is 0 Å². The van der Waals surface area contributed by atoms with Crippen molar-refractivity contribution in [1.82, 2.24) is 15.5 Å². The number of hydrogen-bond donors (Lipinski definition) is 2. The molecule has 0 aromatic heterocycles. The lowest BCUT2D eigenvalue weighted by Gasteiger charge is -2.26. The van der Waals surface area contributed by atoms with Crippen molar-refractivity contribution in [3.8, 4) is 0 Å². The predicted molar refractivity (Wildman–Crippen MR) is 230 cm³/mol. The number of rotatable bonds is 35. The highest BCUT2D eigenvalue weighted by Crippen LogP contribution is 2.16. The first-order valence-electron chi connectivity index (χ1n) is 22.1. The molecular weight excluding hydrogens is 627 g/mol. The zero-order valence-corrected chi connectivity index (χ0v) is 34.4. The first kappa shape index (κ1) is 46.6. The SMILES string of the molecule is CCCCC/C=C\C/C=C\CCCCCCCCC(CCCCCCCC/C=C\C/C=C\CCCCC)NC(=S)NCCCN1CCCCC1. The predicted octanol–water partition coefficient (Wildman–Crippen LogP) is 14.1. The van der Waals surface area contributed by atoms with Crippen LogP contribution in [0.4, 0.5) is 0 Å². The second kappa shape index (κ2) is 38.8. The molecule has 0 aromatic rings. The molecule has 1 aliphatic heterocycles. The lowest BCUT2D eigenvalue weighted by molar-refractivity contribution is 0.227. The fourth-order valence-electron chi connectivity index (χ4n) is 6.97. The van der Waals surface area contributed by atoms with Crippen molar-refractivity contribution in [3.05, 3.63) is 48.6 Å². The van der Waals surface area contributed by atoms with Gasteiger partial charge in [-0.3, -0.25) is 0 Å². The molecule has 50 heavy (non-hydrogen) atoms. The second-order valence-corrected chi connectivity index (χ2v) is 15.5. The van der Waals surface area contributed by atoms with Crippen LogP contribution in [0, 0.1) is 0 Å². The lowest BCUT2D eigenvalue weighted by atomic mass is 10.00. The number of nitrogens with zero attached hydrogens (tertiary/aromatic N) is 1. The lowest BCUT2D eigenvalue weighted by Crippen LogP contribution is -2.43. The van der Waals surface area contributed by atoms with E-state index in [0.717, 1.165) is 24.5 Å². The molecule has 1 rings (SSSR count). The Morgan fingerprint density at radius 3 is 1.40 bits per heavy atom. The molecule has 0 aliphatic carbocycles. The minimum atomic E-state index is 0.522. The largest absolute Gasteiger partial charge is 0.363 e. The topological polar surface area (TPSA) is 27.3 Å². The maximum Gasteiger partial charge on any atom is 0.166 e. The standard InChI is InChI=1S/C46H85N3S/c1-3-5-7-9-11-13-15-17-19-21-23-25-27-29-31-34-39-45(48-46(50)47-41-38-44-49-42-36-33-37-43-49)40-35-32-30-28-26-24-22-20-18-16-14-12-10-8-6-4-2/h11-14,17-20,45H,3-10,15-16,21-44H2,1-2H3,(H2,47,48,50)/b13-11-,14-12-,19-17-,20-18-. The van der Waals surface area contributed by atoms with Gasteiger partial charge in [0.2, 0.25) is 0 Å². The summed E-state index contributed by atoms with van der Waals surface area (Å²) in [7, 11) is 0. The van der Waals surface area contributed by atoms with E-state index >= 15 is 0 Å². The third kappa shape index (κ3) is 33.7. The molecule has 4 heteroatoms. The summed E-state index contributed by atoms with van der Waals surface area (Å²) < 4.78 is 0. The van der Waals surface area contributed by atoms with Crippen molar-refractivity contribution in [2.75, 3.05) is 26.2 Å². The summed E-state index contributed by atoms with van der Waals surface area (Å²) in [6, 6.07) is 0.522. The van der Waals surface area contributed by atoms with Gasteiger partial charge in [0, 0.05) is 12.6 Å². The van der Waals surface area contributed by atoms with E-state index in [4.69, 9.17) is 12.2 Å². The van der Waals surface area contributed by atoms with Crippen molar-refractivity contribution in [2.45, 2.75) is 213 Å². The summed E-state index contributed by atoms with van der Waals surface area (Å²) in [6.45, 7) is 9.31. The van der Waals surface area contributed by atoms with Crippen LogP contribution in [0.2, 0.25) is 0 Å². The van der Waals surface area contributed by atoms with E-state index in [1.165, 1.54) is 199 Å². The van der Waals surface area contributed by atoms with Crippen molar-refractivity contribution in [3.63, 3.8) is 0 Å². The maximum absolute atomic E-state index is 5.78. The normalized spacial score (nSPS) is 14.4. The summed E-state index contributed by atoms with van der Waals surface area (Å²) in [4.78, 5) is 2.63. The monoisotopic (exact) mass is 712 g/mol. The molecule has 290 valence electrons. The number of allylic oxidation sites excluding steroid dienone is 8. The minimum Gasteiger partial charge on any atom is -0.363 e.